The van der Waals surface area contributed by atoms with Gasteiger partial charge in [-0.15, -0.1) is 0 Å². The van der Waals surface area contributed by atoms with Crippen molar-refractivity contribution in [3.8, 4) is 0 Å². The summed E-state index contributed by atoms with van der Waals surface area (Å²) in [7, 11) is 5.42. The Hall–Kier alpha value is -9.72. The van der Waals surface area contributed by atoms with Gasteiger partial charge in [0, 0.05) is 91.7 Å². The zero-order chi connectivity index (χ0) is 77.7. The average Bonchev–Trinajstić information content (AvgIpc) is 0.668. The molecule has 105 heavy (non-hydrogen) atoms. The lowest BCUT2D eigenvalue weighted by Gasteiger charge is -2.67. The number of ketones is 1. The number of carboxylic acids is 1. The molecule has 3 aromatic carbocycles. The number of hydrogen-bond acceptors (Lipinski definition) is 22. The standard InChI is InChI=1S/C74H100N8O23/c1-41(2)55(79-52(84)28-21-29-53(85)86)63(89)78-48(27-22-34-76-66(75)92)62(88)77-47-32-30-44(31-33-47)39-99-68(94)81(11)35-36-82(12)69(95)102-58(56(45-23-17-15-18-24-45)80-67(93)105-70(5,6)7)65(91)101-49-38-74(96)61(103-64(90)46-25-19-16-20-26-46)59-72(10,60(87)57(98-14)54(42(49)3)71(74,8)9)50(97-13)37-51-73(59,40-100-51)104-43(4)83/h15-20,23-26,30-33,41,48-51,55-59,61,96H,21-22,27-29,34-40H2,1-14H3,(H,77,88)(H,78,89)(H,79,84)(H,80,93)(H,85,86)(H3,75,76,92)/t48-,49-,50-,51+,55-,56-,57+,58+,59-,61-,72+,73-,74+/m0/s1. The summed E-state index contributed by atoms with van der Waals surface area (Å²) in [6, 6.07) is 17.5. The summed E-state index contributed by atoms with van der Waals surface area (Å²) < 4.78 is 55.2. The second kappa shape index (κ2) is 34.9. The molecule has 7 rings (SSSR count). The quantitative estimate of drug-likeness (QED) is 0.0160. The number of likely N-dealkylation sites (N-methyl/N-ethyl adjacent to an activating group) is 2. The number of fused-ring (bicyclic) bond motifs is 5. The number of carbonyl (C=O) groups excluding carboxylic acids is 11. The summed E-state index contributed by atoms with van der Waals surface area (Å²) in [6.07, 6.45) is -12.6. The molecule has 2 saturated carbocycles. The molecule has 574 valence electrons. The number of nitrogens with two attached hydrogens (primary N) is 1. The Balaban J connectivity index is 1.12. The highest BCUT2D eigenvalue weighted by molar-refractivity contribution is 5.99. The number of Topliss-reactive ketones (excluding diaryl/α,β-unsaturated/α-hetero) is 1. The first-order chi connectivity index (χ1) is 49.3. The number of alkyl carbamates (subject to hydrolysis) is 1. The number of amides is 8. The largest absolute Gasteiger partial charge is 0.481 e. The van der Waals surface area contributed by atoms with E-state index in [0.29, 0.717) is 5.56 Å². The topological polar surface area (TPSA) is 421 Å². The van der Waals surface area contributed by atoms with Crippen LogP contribution < -0.4 is 32.3 Å². The molecule has 0 aromatic heterocycles. The number of nitrogens with zero attached hydrogens (tertiary/aromatic N) is 2. The minimum atomic E-state index is -2.40. The van der Waals surface area contributed by atoms with Crippen molar-refractivity contribution in [3.63, 3.8) is 0 Å². The second-order valence-corrected chi connectivity index (χ2v) is 29.0. The highest BCUT2D eigenvalue weighted by Crippen LogP contribution is 2.65. The number of aliphatic hydroxyl groups is 1. The Morgan fingerprint density at radius 2 is 1.42 bits per heavy atom. The van der Waals surface area contributed by atoms with E-state index in [4.69, 9.17) is 53.5 Å². The van der Waals surface area contributed by atoms with E-state index in [9.17, 15) is 53.1 Å². The number of primary amides is 1. The van der Waals surface area contributed by atoms with Crippen LogP contribution in [-0.4, -0.2) is 212 Å². The third-order valence-electron chi connectivity index (χ3n) is 19.9. The van der Waals surface area contributed by atoms with Gasteiger partial charge in [0.05, 0.1) is 29.6 Å². The van der Waals surface area contributed by atoms with Crippen LogP contribution in [0.1, 0.15) is 142 Å². The van der Waals surface area contributed by atoms with Crippen LogP contribution in [0.15, 0.2) is 96.1 Å². The van der Waals surface area contributed by atoms with E-state index in [0.717, 1.165) is 9.80 Å². The van der Waals surface area contributed by atoms with Crippen molar-refractivity contribution in [3.05, 3.63) is 113 Å². The second-order valence-electron chi connectivity index (χ2n) is 29.0. The van der Waals surface area contributed by atoms with Crippen LogP contribution in [0.2, 0.25) is 0 Å². The van der Waals surface area contributed by atoms with Crippen LogP contribution in [0, 0.1) is 22.7 Å². The van der Waals surface area contributed by atoms with Crippen molar-refractivity contribution in [2.45, 2.75) is 192 Å². The number of anilines is 1. The Morgan fingerprint density at radius 1 is 0.790 bits per heavy atom. The van der Waals surface area contributed by atoms with Crippen molar-refractivity contribution in [2.24, 2.45) is 28.4 Å². The summed E-state index contributed by atoms with van der Waals surface area (Å²) >= 11 is 0. The maximum atomic E-state index is 16.0. The number of aliphatic carboxylic acids is 1. The maximum absolute atomic E-state index is 16.0. The fraction of sp³-hybridized carbons (Fsp3) is 0.568. The lowest BCUT2D eigenvalue weighted by atomic mass is 9.44. The van der Waals surface area contributed by atoms with Crippen molar-refractivity contribution in [1.82, 2.24) is 31.1 Å². The van der Waals surface area contributed by atoms with Gasteiger partial charge in [-0.2, -0.15) is 0 Å². The number of urea groups is 1. The molecule has 9 N–H and O–H groups in total. The van der Waals surface area contributed by atoms with Crippen LogP contribution >= 0.6 is 0 Å². The lowest BCUT2D eigenvalue weighted by Crippen LogP contribution is -2.82. The van der Waals surface area contributed by atoms with Crippen LogP contribution in [-0.2, 0) is 82.8 Å². The molecule has 31 heteroatoms. The van der Waals surface area contributed by atoms with E-state index in [1.54, 1.807) is 123 Å². The number of hydrogen-bond donors (Lipinski definition) is 8. The molecule has 1 heterocycles. The molecule has 8 amide bonds. The number of rotatable bonds is 30. The van der Waals surface area contributed by atoms with Crippen molar-refractivity contribution >= 4 is 77.4 Å². The van der Waals surface area contributed by atoms with E-state index >= 15 is 9.59 Å². The van der Waals surface area contributed by atoms with E-state index in [1.165, 1.54) is 59.5 Å². The molecular formula is C74H100N8O23. The minimum Gasteiger partial charge on any atom is -0.481 e. The van der Waals surface area contributed by atoms with Gasteiger partial charge in [0.1, 0.15) is 60.4 Å². The maximum Gasteiger partial charge on any atom is 0.410 e. The fourth-order valence-electron chi connectivity index (χ4n) is 14.3. The first kappa shape index (κ1) is 82.6. The molecule has 4 aliphatic rings. The molecule has 3 fully saturated rings. The number of carbonyl (C=O) groups is 12. The summed E-state index contributed by atoms with van der Waals surface area (Å²) in [5, 5.41) is 36.3. The van der Waals surface area contributed by atoms with E-state index < -0.39 is 172 Å². The fourth-order valence-corrected chi connectivity index (χ4v) is 14.3. The molecule has 0 unspecified atom stereocenters. The normalized spacial score (nSPS) is 24.1. The zero-order valence-electron chi connectivity index (χ0n) is 61.9. The molecule has 3 aliphatic carbocycles. The van der Waals surface area contributed by atoms with Crippen LogP contribution in [0.25, 0.3) is 0 Å². The van der Waals surface area contributed by atoms with Crippen LogP contribution in [0.4, 0.5) is 24.9 Å². The van der Waals surface area contributed by atoms with Gasteiger partial charge >= 0.3 is 48.2 Å². The average molecular weight is 1470 g/mol. The van der Waals surface area contributed by atoms with E-state index in [1.807, 2.05) is 0 Å². The number of benzene rings is 3. The first-order valence-corrected chi connectivity index (χ1v) is 34.7. The van der Waals surface area contributed by atoms with Gasteiger partial charge in [0.15, 0.2) is 11.4 Å². The van der Waals surface area contributed by atoms with Gasteiger partial charge in [-0.25, -0.2) is 28.8 Å². The third-order valence-corrected chi connectivity index (χ3v) is 19.9. The summed E-state index contributed by atoms with van der Waals surface area (Å²) in [5.74, 6) is -8.38. The van der Waals surface area contributed by atoms with Crippen LogP contribution in [0.3, 0.4) is 0 Å². The van der Waals surface area contributed by atoms with Gasteiger partial charge in [-0.05, 0) is 106 Å². The molecule has 0 radical (unpaired) electrons. The molecular weight excluding hydrogens is 1370 g/mol. The summed E-state index contributed by atoms with van der Waals surface area (Å²) in [6.45, 7) is 15.0. The van der Waals surface area contributed by atoms with E-state index in [-0.39, 0.29) is 99.3 Å². The molecule has 13 atom stereocenters. The number of nitrogens with one attached hydrogen (secondary N) is 5. The van der Waals surface area contributed by atoms with Crippen molar-refractivity contribution in [2.75, 3.05) is 59.9 Å². The molecule has 1 aliphatic heterocycles. The van der Waals surface area contributed by atoms with Gasteiger partial charge in [-0.3, -0.25) is 28.8 Å². The molecule has 0 spiro atoms. The van der Waals surface area contributed by atoms with Crippen LogP contribution in [0.5, 0.6) is 0 Å². The number of methoxy groups -OCH3 is 2. The number of ether oxygens (including phenoxy) is 9. The van der Waals surface area contributed by atoms with E-state index in [2.05, 4.69) is 26.6 Å². The Morgan fingerprint density at radius 3 is 1.98 bits per heavy atom. The predicted molar refractivity (Wildman–Crippen MR) is 375 cm³/mol. The van der Waals surface area contributed by atoms with Gasteiger partial charge in [0.25, 0.3) is 0 Å². The Bertz CT molecular complexity index is 3700. The van der Waals surface area contributed by atoms with Gasteiger partial charge in [0.2, 0.25) is 23.8 Å². The third kappa shape index (κ3) is 19.4. The Labute approximate surface area is 609 Å². The first-order valence-electron chi connectivity index (χ1n) is 34.7. The molecule has 1 saturated heterocycles. The van der Waals surface area contributed by atoms with Crippen molar-refractivity contribution < 1.29 is 110 Å². The minimum absolute atomic E-state index is 0.0360. The van der Waals surface area contributed by atoms with Gasteiger partial charge < -0.3 is 95.0 Å². The highest BCUT2D eigenvalue weighted by atomic mass is 16.6. The summed E-state index contributed by atoms with van der Waals surface area (Å²) in [4.78, 5) is 166. The predicted octanol–water partition coefficient (Wildman–Crippen LogP) is 6.18. The molecule has 31 nitrogen and oxygen atoms in total. The SMILES string of the molecule is CO[C@H]1C(=O)[C@]2(C)[C@@H](OC)C[C@H]3OC[C@@]3(OC(C)=O)[C@H]2[C@H](OC(=O)c2ccccc2)[C@]2(O)C[C@H](OC(=O)[C@H](OC(=O)N(C)CCN(C)C(=O)OCc3ccc(NC(=O)[C@H](CCCNC(N)=O)NC(=O)[C@@H](NC(=O)CCCC(=O)O)C(C)C)cc3)[C@@H](NC(=O)OC(C)(C)C)c3ccccc3)C(C)=C1C2(C)C. The highest BCUT2D eigenvalue weighted by Gasteiger charge is 2.78. The number of esters is 3. The zero-order valence-corrected chi connectivity index (χ0v) is 61.9. The van der Waals surface area contributed by atoms with Gasteiger partial charge in [-0.1, -0.05) is 88.4 Å². The summed E-state index contributed by atoms with van der Waals surface area (Å²) in [5.41, 5.74) is -1.98. The smallest absolute Gasteiger partial charge is 0.410 e. The van der Waals surface area contributed by atoms with Crippen molar-refractivity contribution in [1.29, 1.82) is 0 Å². The molecule has 3 aromatic rings. The lowest BCUT2D eigenvalue weighted by molar-refractivity contribution is -0.347. The number of carboxylic acid groups (broad SMARTS) is 1. The molecule has 2 bridgehead atoms. The monoisotopic (exact) mass is 1470 g/mol. The Kier molecular flexibility index (Phi) is 27.5.